The van der Waals surface area contributed by atoms with Crippen molar-refractivity contribution >= 4 is 27.8 Å². The van der Waals surface area contributed by atoms with E-state index in [0.717, 1.165) is 6.07 Å². The highest BCUT2D eigenvalue weighted by Crippen LogP contribution is 2.14. The lowest BCUT2D eigenvalue weighted by Gasteiger charge is -2.10. The van der Waals surface area contributed by atoms with Gasteiger partial charge in [0.05, 0.1) is 12.7 Å². The minimum absolute atomic E-state index is 0.0681. The standard InChI is InChI=1S/C12H12BrF2NO3/c1-6-3-7(10(15)4-9(6)14)11(17)16-5-8(13)12(18)19-2/h3-4,8H,5H2,1-2H3,(H,16,17). The van der Waals surface area contributed by atoms with E-state index in [1.54, 1.807) is 0 Å². The lowest BCUT2D eigenvalue weighted by Crippen LogP contribution is -2.34. The van der Waals surface area contributed by atoms with Crippen molar-refractivity contribution in [3.8, 4) is 0 Å². The Balaban J connectivity index is 2.74. The fourth-order valence-corrected chi connectivity index (χ4v) is 1.67. The van der Waals surface area contributed by atoms with Gasteiger partial charge >= 0.3 is 5.97 Å². The van der Waals surface area contributed by atoms with Gasteiger partial charge in [-0.2, -0.15) is 0 Å². The number of esters is 1. The van der Waals surface area contributed by atoms with E-state index >= 15 is 0 Å². The number of carbonyl (C=O) groups is 2. The van der Waals surface area contributed by atoms with Gasteiger partial charge in [-0.3, -0.25) is 9.59 Å². The Morgan fingerprint density at radius 3 is 2.58 bits per heavy atom. The van der Waals surface area contributed by atoms with E-state index in [1.165, 1.54) is 14.0 Å². The molecule has 0 heterocycles. The van der Waals surface area contributed by atoms with Crippen molar-refractivity contribution in [2.24, 2.45) is 0 Å². The molecule has 19 heavy (non-hydrogen) atoms. The second-order valence-corrected chi connectivity index (χ2v) is 4.89. The van der Waals surface area contributed by atoms with Crippen LogP contribution in [0.4, 0.5) is 8.78 Å². The number of nitrogens with one attached hydrogen (secondary N) is 1. The third kappa shape index (κ3) is 3.99. The number of methoxy groups -OCH3 is 1. The Labute approximate surface area is 117 Å². The summed E-state index contributed by atoms with van der Waals surface area (Å²) in [5, 5.41) is 2.35. The largest absolute Gasteiger partial charge is 0.468 e. The summed E-state index contributed by atoms with van der Waals surface area (Å²) < 4.78 is 30.9. The number of benzene rings is 1. The van der Waals surface area contributed by atoms with Gasteiger partial charge in [0.25, 0.3) is 5.91 Å². The number of carbonyl (C=O) groups excluding carboxylic acids is 2. The van der Waals surface area contributed by atoms with Crippen LogP contribution in [0.1, 0.15) is 15.9 Å². The third-order valence-electron chi connectivity index (χ3n) is 2.39. The SMILES string of the molecule is COC(=O)C(Br)CNC(=O)c1cc(C)c(F)cc1F. The molecule has 1 rings (SSSR count). The van der Waals surface area contributed by atoms with Crippen molar-refractivity contribution in [2.45, 2.75) is 11.8 Å². The Bertz CT molecular complexity index is 508. The Morgan fingerprint density at radius 1 is 1.37 bits per heavy atom. The number of alkyl halides is 1. The van der Waals surface area contributed by atoms with E-state index in [9.17, 15) is 18.4 Å². The topological polar surface area (TPSA) is 55.4 Å². The number of amides is 1. The Morgan fingerprint density at radius 2 is 2.00 bits per heavy atom. The van der Waals surface area contributed by atoms with E-state index in [-0.39, 0.29) is 17.7 Å². The Kier molecular flexibility index (Phi) is 5.41. The zero-order valence-electron chi connectivity index (χ0n) is 10.3. The molecule has 1 aromatic rings. The number of rotatable bonds is 4. The van der Waals surface area contributed by atoms with Crippen LogP contribution >= 0.6 is 15.9 Å². The summed E-state index contributed by atoms with van der Waals surface area (Å²) in [5.41, 5.74) is -0.113. The molecule has 0 saturated heterocycles. The van der Waals surface area contributed by atoms with Crippen molar-refractivity contribution in [3.05, 3.63) is 34.9 Å². The molecule has 104 valence electrons. The van der Waals surface area contributed by atoms with Crippen molar-refractivity contribution in [1.29, 1.82) is 0 Å². The molecule has 0 bridgehead atoms. The average molecular weight is 336 g/mol. The molecule has 1 unspecified atom stereocenters. The van der Waals surface area contributed by atoms with Crippen molar-refractivity contribution in [2.75, 3.05) is 13.7 Å². The van der Waals surface area contributed by atoms with E-state index in [2.05, 4.69) is 26.0 Å². The van der Waals surface area contributed by atoms with Crippen molar-refractivity contribution < 1.29 is 23.1 Å². The molecule has 0 saturated carbocycles. The van der Waals surface area contributed by atoms with Gasteiger partial charge in [-0.1, -0.05) is 15.9 Å². The lowest BCUT2D eigenvalue weighted by atomic mass is 10.1. The van der Waals surface area contributed by atoms with Gasteiger partial charge in [-0.05, 0) is 18.6 Å². The van der Waals surface area contributed by atoms with Gasteiger partial charge in [-0.15, -0.1) is 0 Å². The number of halogens is 3. The lowest BCUT2D eigenvalue weighted by molar-refractivity contribution is -0.139. The van der Waals surface area contributed by atoms with Crippen molar-refractivity contribution in [3.63, 3.8) is 0 Å². The first-order valence-electron chi connectivity index (χ1n) is 5.32. The second kappa shape index (κ2) is 6.60. The molecule has 1 aromatic carbocycles. The minimum Gasteiger partial charge on any atom is -0.468 e. The summed E-state index contributed by atoms with van der Waals surface area (Å²) in [7, 11) is 1.21. The fourth-order valence-electron chi connectivity index (χ4n) is 1.32. The highest BCUT2D eigenvalue weighted by molar-refractivity contribution is 9.10. The summed E-state index contributed by atoms with van der Waals surface area (Å²) in [6, 6.07) is 1.76. The van der Waals surface area contributed by atoms with Crippen LogP contribution in [0.15, 0.2) is 12.1 Å². The maximum Gasteiger partial charge on any atom is 0.321 e. The zero-order valence-corrected chi connectivity index (χ0v) is 11.9. The quantitative estimate of drug-likeness (QED) is 0.675. The summed E-state index contributed by atoms with van der Waals surface area (Å²) in [6.07, 6.45) is 0. The van der Waals surface area contributed by atoms with Gasteiger partial charge in [0, 0.05) is 12.6 Å². The van der Waals surface area contributed by atoms with Crippen LogP contribution in [0.5, 0.6) is 0 Å². The zero-order chi connectivity index (χ0) is 14.6. The number of aryl methyl sites for hydroxylation is 1. The summed E-state index contributed by atoms with van der Waals surface area (Å²) in [5.74, 6) is -2.96. The molecule has 0 spiro atoms. The molecule has 7 heteroatoms. The first kappa shape index (κ1) is 15.6. The Hall–Kier alpha value is -1.50. The van der Waals surface area contributed by atoms with Crippen LogP contribution in [0.25, 0.3) is 0 Å². The molecule has 0 aliphatic rings. The third-order valence-corrected chi connectivity index (χ3v) is 3.09. The van der Waals surface area contributed by atoms with E-state index in [0.29, 0.717) is 6.07 Å². The minimum atomic E-state index is -0.954. The molecular weight excluding hydrogens is 324 g/mol. The van der Waals surface area contributed by atoms with Gasteiger partial charge in [0.15, 0.2) is 0 Å². The van der Waals surface area contributed by atoms with Gasteiger partial charge in [0.2, 0.25) is 0 Å². The number of ether oxygens (including phenoxy) is 1. The second-order valence-electron chi connectivity index (χ2n) is 3.78. The highest BCUT2D eigenvalue weighted by Gasteiger charge is 2.19. The maximum atomic E-state index is 13.4. The fraction of sp³-hybridized carbons (Fsp3) is 0.333. The average Bonchev–Trinajstić information content (AvgIpc) is 2.38. The smallest absolute Gasteiger partial charge is 0.321 e. The molecule has 0 radical (unpaired) electrons. The van der Waals surface area contributed by atoms with Crippen LogP contribution in [0, 0.1) is 18.6 Å². The first-order chi connectivity index (χ1) is 8.86. The van der Waals surface area contributed by atoms with E-state index < -0.39 is 28.3 Å². The summed E-state index contributed by atoms with van der Waals surface area (Å²) >= 11 is 3.01. The molecule has 1 amide bonds. The van der Waals surface area contributed by atoms with Crippen molar-refractivity contribution in [1.82, 2.24) is 5.32 Å². The van der Waals surface area contributed by atoms with Gasteiger partial charge in [-0.25, -0.2) is 8.78 Å². The van der Waals surface area contributed by atoms with E-state index in [4.69, 9.17) is 0 Å². The molecule has 1 N–H and O–H groups in total. The van der Waals surface area contributed by atoms with E-state index in [1.807, 2.05) is 0 Å². The summed E-state index contributed by atoms with van der Waals surface area (Å²) in [4.78, 5) is 22.0. The first-order valence-corrected chi connectivity index (χ1v) is 6.24. The molecule has 0 aliphatic carbocycles. The van der Waals surface area contributed by atoms with Gasteiger partial charge < -0.3 is 10.1 Å². The molecule has 0 aromatic heterocycles. The molecule has 0 fully saturated rings. The van der Waals surface area contributed by atoms with Crippen LogP contribution in [0.3, 0.4) is 0 Å². The number of hydrogen-bond donors (Lipinski definition) is 1. The van der Waals surface area contributed by atoms with Gasteiger partial charge in [0.1, 0.15) is 16.5 Å². The van der Waals surface area contributed by atoms with Crippen LogP contribution in [0.2, 0.25) is 0 Å². The molecule has 1 atom stereocenters. The normalized spacial score (nSPS) is 11.8. The highest BCUT2D eigenvalue weighted by atomic mass is 79.9. The predicted molar refractivity (Wildman–Crippen MR) is 68.2 cm³/mol. The maximum absolute atomic E-state index is 13.4. The predicted octanol–water partition coefficient (Wildman–Crippen LogP) is 1.94. The van der Waals surface area contributed by atoms with Crippen LogP contribution in [-0.2, 0) is 9.53 Å². The molecule has 4 nitrogen and oxygen atoms in total. The van der Waals surface area contributed by atoms with Crippen LogP contribution < -0.4 is 5.32 Å². The number of hydrogen-bond acceptors (Lipinski definition) is 3. The molecule has 0 aliphatic heterocycles. The molecular formula is C12H12BrF2NO3. The monoisotopic (exact) mass is 335 g/mol. The summed E-state index contributed by atoms with van der Waals surface area (Å²) in [6.45, 7) is 1.36. The van der Waals surface area contributed by atoms with Crippen LogP contribution in [-0.4, -0.2) is 30.4 Å².